The van der Waals surface area contributed by atoms with Gasteiger partial charge < -0.3 is 0 Å². The van der Waals surface area contributed by atoms with E-state index in [0.29, 0.717) is 0 Å². The van der Waals surface area contributed by atoms with Crippen LogP contribution in [-0.2, 0) is 0 Å². The van der Waals surface area contributed by atoms with Crippen LogP contribution in [0.3, 0.4) is 0 Å². The lowest BCUT2D eigenvalue weighted by molar-refractivity contribution is 1.11. The summed E-state index contributed by atoms with van der Waals surface area (Å²) in [5.74, 6) is 0. The maximum absolute atomic E-state index is 2.00. The molecule has 0 amide bonds. The van der Waals surface area contributed by atoms with E-state index in [1.807, 2.05) is 14.7 Å². The topological polar surface area (TPSA) is 0 Å². The van der Waals surface area contributed by atoms with Crippen molar-refractivity contribution in [3.05, 3.63) is 0 Å². The second-order valence-electron chi connectivity index (χ2n) is 0. The van der Waals surface area contributed by atoms with E-state index in [-0.39, 0.29) is 9.41 Å². The Labute approximate surface area is 25.3 Å². The zero-order valence-electron chi connectivity index (χ0n) is 2.82. The van der Waals surface area contributed by atoms with E-state index in [4.69, 9.17) is 0 Å². The lowest BCUT2D eigenvalue weighted by Gasteiger charge is -1.00. The molecule has 0 aromatic rings. The highest BCUT2D eigenvalue weighted by Crippen LogP contribution is 0.960. The maximum atomic E-state index is 2.00. The Bertz CT molecular complexity index is 6.00. The minimum Gasteiger partial charge on any atom is -0.269 e. The van der Waals surface area contributed by atoms with Crippen molar-refractivity contribution in [1.29, 1.82) is 0 Å². The first-order chi connectivity index (χ1) is 1.00. The lowest BCUT2D eigenvalue weighted by atomic mass is 10.2. The maximum Gasteiger partial charge on any atom is 0.0973 e. The van der Waals surface area contributed by atoms with Gasteiger partial charge in [0, 0.05) is 0 Å². The van der Waals surface area contributed by atoms with Gasteiger partial charge in [-0.3, -0.25) is 9.41 Å². The van der Waals surface area contributed by atoms with Crippen molar-refractivity contribution in [2.75, 3.05) is 0 Å². The molecule has 0 spiro atoms. The first kappa shape index (κ1) is 39.3. The van der Waals surface area contributed by atoms with Crippen LogP contribution in [0.5, 0.6) is 0 Å². The Morgan fingerprint density at radius 3 is 1.00 bits per heavy atom. The summed E-state index contributed by atoms with van der Waals surface area (Å²) in [6.07, 6.45) is 0. The van der Waals surface area contributed by atoms with Crippen LogP contribution in [0, 0.1) is 0 Å². The smallest absolute Gasteiger partial charge is 0.0973 e. The van der Waals surface area contributed by atoms with Gasteiger partial charge in [-0.1, -0.05) is 6.82 Å². The van der Waals surface area contributed by atoms with Crippen LogP contribution in [0.2, 0.25) is 6.82 Å². The van der Waals surface area contributed by atoms with E-state index in [1.54, 1.807) is 0 Å². The summed E-state index contributed by atoms with van der Waals surface area (Å²) < 4.78 is 0. The highest BCUT2D eigenvalue weighted by molar-refractivity contribution is 6.05. The van der Waals surface area contributed by atoms with Gasteiger partial charge in [-0.25, -0.2) is 0 Å². The average Bonchev–Trinajstić information content (AvgIpc) is 1.00. The Morgan fingerprint density at radius 1 is 1.00 bits per heavy atom. The van der Waals surface area contributed by atoms with Gasteiger partial charge in [0.25, 0.3) is 0 Å². The zero-order valence-corrected chi connectivity index (χ0v) is 2.82. The molecule has 0 aliphatic carbocycles. The summed E-state index contributed by atoms with van der Waals surface area (Å²) >= 11 is 0. The molecule has 4 heavy (non-hydrogen) atoms. The number of hydrogen-bond acceptors (Lipinski definition) is 0. The largest absolute Gasteiger partial charge is 0.269 e. The molecule has 0 N–H and O–H groups in total. The average molecular weight is 67.9 g/mol. The third-order valence-electron chi connectivity index (χ3n) is 0. The Morgan fingerprint density at radius 2 is 1.00 bits per heavy atom. The molecule has 28 valence electrons. The van der Waals surface area contributed by atoms with Crippen LogP contribution in [0.4, 0.5) is 9.41 Å². The fourth-order valence-electron chi connectivity index (χ4n) is 0. The second-order valence-corrected chi connectivity index (χ2v) is 0. The van der Waals surface area contributed by atoms with E-state index in [0.717, 1.165) is 0 Å². The van der Waals surface area contributed by atoms with Crippen LogP contribution in [0.1, 0.15) is 0 Å². The third kappa shape index (κ3) is 292. The molecular weight excluding hydrogens is 60.8 g/mol. The van der Waals surface area contributed by atoms with Crippen molar-refractivity contribution in [2.45, 2.75) is 6.82 Å². The van der Waals surface area contributed by atoms with Crippen molar-refractivity contribution in [2.24, 2.45) is 0 Å². The Hall–Kier alpha value is -0.0751. The van der Waals surface area contributed by atoms with Gasteiger partial charge in [-0.2, -0.15) is 0 Å². The van der Waals surface area contributed by atoms with Gasteiger partial charge in [0.2, 0.25) is 0 Å². The lowest BCUT2D eigenvalue weighted by Crippen LogP contribution is -1.13. The fourth-order valence-corrected chi connectivity index (χ4v) is 0. The van der Waals surface area contributed by atoms with Crippen LogP contribution in [0.15, 0.2) is 0 Å². The van der Waals surface area contributed by atoms with Gasteiger partial charge in [-0.15, -0.1) is 0 Å². The van der Waals surface area contributed by atoms with Gasteiger partial charge in [0.1, 0.15) is 0 Å². The van der Waals surface area contributed by atoms with Crippen molar-refractivity contribution in [3.63, 3.8) is 0 Å². The molecule has 0 bridgehead atoms. The Balaban J connectivity index is -0.00000000500. The SMILES string of the molecule is BC.F.F. The molecule has 0 nitrogen and oxygen atoms in total. The normalized spacial score (nSPS) is 1.25. The van der Waals surface area contributed by atoms with Crippen molar-refractivity contribution >= 4 is 7.85 Å². The van der Waals surface area contributed by atoms with Crippen molar-refractivity contribution in [3.8, 4) is 0 Å². The minimum absolute atomic E-state index is 0. The van der Waals surface area contributed by atoms with E-state index in [2.05, 4.69) is 0 Å². The monoisotopic (exact) mass is 68.1 g/mol. The molecule has 0 aromatic heterocycles. The van der Waals surface area contributed by atoms with Gasteiger partial charge in [0.15, 0.2) is 0 Å². The zero-order chi connectivity index (χ0) is 2.00. The van der Waals surface area contributed by atoms with Crippen LogP contribution >= 0.6 is 0 Å². The second kappa shape index (κ2) is 1920. The van der Waals surface area contributed by atoms with Gasteiger partial charge in [0.05, 0.1) is 7.85 Å². The molecular formula is CH7BF2. The van der Waals surface area contributed by atoms with Crippen LogP contribution in [0.25, 0.3) is 0 Å². The fraction of sp³-hybridized carbons (Fsp3) is 1.00. The molecule has 0 atom stereocenters. The molecule has 0 aromatic carbocycles. The summed E-state index contributed by atoms with van der Waals surface area (Å²) in [6.45, 7) is 2.00. The first-order valence-corrected chi connectivity index (χ1v) is 1.00. The molecule has 0 aliphatic rings. The van der Waals surface area contributed by atoms with Crippen LogP contribution < -0.4 is 0 Å². The Kier molecular flexibility index (Phi) is 18900. The summed E-state index contributed by atoms with van der Waals surface area (Å²) in [6, 6.07) is 0. The molecule has 0 aliphatic heterocycles. The summed E-state index contributed by atoms with van der Waals surface area (Å²) in [7, 11) is 2.00. The van der Waals surface area contributed by atoms with E-state index in [1.165, 1.54) is 0 Å². The first-order valence-electron chi connectivity index (χ1n) is 1.00. The van der Waals surface area contributed by atoms with Crippen molar-refractivity contribution < 1.29 is 9.41 Å². The highest BCUT2D eigenvalue weighted by Gasteiger charge is 1.01. The molecule has 0 radical (unpaired) electrons. The molecule has 3 heteroatoms. The number of halogens is 2. The minimum atomic E-state index is 0. The molecule has 0 heterocycles. The van der Waals surface area contributed by atoms with Gasteiger partial charge >= 0.3 is 0 Å². The molecule has 0 saturated heterocycles. The van der Waals surface area contributed by atoms with E-state index in [9.17, 15) is 0 Å². The predicted octanol–water partition coefficient (Wildman–Crippen LogP) is -0.0274. The van der Waals surface area contributed by atoms with E-state index >= 15 is 0 Å². The van der Waals surface area contributed by atoms with Crippen molar-refractivity contribution in [1.82, 2.24) is 0 Å². The molecule has 0 fully saturated rings. The standard InChI is InChI=1S/CH5B.2FH/c1-2;;/h2H2,1H3;2*1H. The molecule has 0 unspecified atom stereocenters. The number of hydrogen-bond donors (Lipinski definition) is 0. The summed E-state index contributed by atoms with van der Waals surface area (Å²) in [5, 5.41) is 0. The summed E-state index contributed by atoms with van der Waals surface area (Å²) in [4.78, 5) is 0. The van der Waals surface area contributed by atoms with Gasteiger partial charge in [-0.05, 0) is 0 Å². The number of rotatable bonds is 0. The summed E-state index contributed by atoms with van der Waals surface area (Å²) in [5.41, 5.74) is 0. The third-order valence-corrected chi connectivity index (χ3v) is 0. The quantitative estimate of drug-likeness (QED) is 0.350. The molecule has 0 saturated carbocycles. The predicted molar refractivity (Wildman–Crippen MR) is 19.4 cm³/mol. The molecule has 0 rings (SSSR count). The highest BCUT2D eigenvalue weighted by atomic mass is 19.0. The van der Waals surface area contributed by atoms with E-state index < -0.39 is 0 Å². The van der Waals surface area contributed by atoms with Crippen LogP contribution in [-0.4, -0.2) is 7.85 Å².